The molecule has 0 spiro atoms. The second-order valence-electron chi connectivity index (χ2n) is 13.6. The van der Waals surface area contributed by atoms with E-state index in [9.17, 15) is 9.59 Å². The lowest BCUT2D eigenvalue weighted by molar-refractivity contribution is -0.191. The summed E-state index contributed by atoms with van der Waals surface area (Å²) in [5, 5.41) is 0. The third kappa shape index (κ3) is 9.26. The molecule has 2 aliphatic rings. The summed E-state index contributed by atoms with van der Waals surface area (Å²) in [7, 11) is 3.44. The monoisotopic (exact) mass is 945 g/mol. The van der Waals surface area contributed by atoms with Gasteiger partial charge in [-0.25, -0.2) is 0 Å². The van der Waals surface area contributed by atoms with Gasteiger partial charge in [0.1, 0.15) is 8.64 Å². The molecule has 0 bridgehead atoms. The van der Waals surface area contributed by atoms with Crippen molar-refractivity contribution in [3.63, 3.8) is 0 Å². The summed E-state index contributed by atoms with van der Waals surface area (Å²) in [6.07, 6.45) is 4.13. The fourth-order valence-corrected chi connectivity index (χ4v) is 13.0. The zero-order valence-corrected chi connectivity index (χ0v) is 39.0. The molecule has 0 atom stereocenters. The predicted molar refractivity (Wildman–Crippen MR) is 266 cm³/mol. The molecule has 61 heavy (non-hydrogen) atoms. The van der Waals surface area contributed by atoms with Crippen LogP contribution in [0.1, 0.15) is 15.3 Å². The zero-order valence-electron chi connectivity index (χ0n) is 32.4. The van der Waals surface area contributed by atoms with Gasteiger partial charge in [0.15, 0.2) is 0 Å². The molecule has 0 aliphatic carbocycles. The molecule has 9 rings (SSSR count). The molecule has 7 nitrogen and oxygen atoms in total. The number of aryl methyl sites for hydroxylation is 1. The predicted octanol–water partition coefficient (Wildman–Crippen LogP) is 13.5. The van der Waals surface area contributed by atoms with Crippen LogP contribution in [0, 0.1) is 6.92 Å². The average molecular weight is 946 g/mol. The van der Waals surface area contributed by atoms with Crippen LogP contribution in [0.3, 0.4) is 0 Å². The first kappa shape index (κ1) is 42.6. The van der Waals surface area contributed by atoms with Crippen molar-refractivity contribution in [3.8, 4) is 40.4 Å². The number of carbonyl (C=O) groups excluding carboxylic acids is 4. The van der Waals surface area contributed by atoms with Crippen molar-refractivity contribution in [3.05, 3.63) is 146 Å². The number of carbonyl (C=O) groups is 2. The fraction of sp³-hybridized carbons (Fsp3) is 0.0652. The Balaban J connectivity index is 0.00000166. The first-order valence-corrected chi connectivity index (χ1v) is 24.1. The van der Waals surface area contributed by atoms with Crippen LogP contribution < -0.4 is 4.90 Å². The lowest BCUT2D eigenvalue weighted by Gasteiger charge is -2.26. The number of anilines is 3. The number of nitrogens with zero attached hydrogens (tertiary/aromatic N) is 3. The highest BCUT2D eigenvalue weighted by atomic mass is 32.2. The molecule has 7 aromatic rings. The number of rotatable bonds is 9. The van der Waals surface area contributed by atoms with Crippen LogP contribution in [0.25, 0.3) is 52.5 Å². The molecular weight excluding hydrogens is 915 g/mol. The van der Waals surface area contributed by atoms with E-state index in [-0.39, 0.29) is 18.0 Å². The highest BCUT2D eigenvalue weighted by Gasteiger charge is 2.30. The van der Waals surface area contributed by atoms with Crippen LogP contribution in [-0.2, 0) is 19.2 Å². The van der Waals surface area contributed by atoms with E-state index in [2.05, 4.69) is 133 Å². The van der Waals surface area contributed by atoms with Crippen molar-refractivity contribution in [2.75, 3.05) is 19.0 Å². The third-order valence-corrected chi connectivity index (χ3v) is 17.3. The summed E-state index contributed by atoms with van der Waals surface area (Å²) >= 11 is 20.2. The van der Waals surface area contributed by atoms with Crippen LogP contribution in [0.4, 0.5) is 17.1 Å². The second-order valence-corrected chi connectivity index (χ2v) is 21.3. The highest BCUT2D eigenvalue weighted by Crippen LogP contribution is 2.43. The molecule has 2 amide bonds. The highest BCUT2D eigenvalue weighted by molar-refractivity contribution is 8.27. The number of benzene rings is 3. The minimum Gasteiger partial charge on any atom is -0.311 e. The Bertz CT molecular complexity index is 2740. The van der Waals surface area contributed by atoms with E-state index in [4.69, 9.17) is 34.0 Å². The van der Waals surface area contributed by atoms with Gasteiger partial charge in [0.25, 0.3) is 11.8 Å². The van der Waals surface area contributed by atoms with E-state index in [0.717, 1.165) is 37.9 Å². The summed E-state index contributed by atoms with van der Waals surface area (Å²) < 4.78 is 1.17. The van der Waals surface area contributed by atoms with Gasteiger partial charge in [-0.15, -0.1) is 45.3 Å². The topological polar surface area (TPSA) is 78.0 Å². The number of thioether (sulfide) groups is 2. The van der Waals surface area contributed by atoms with Gasteiger partial charge >= 0.3 is 6.15 Å². The molecular formula is C46H31N3O4S8. The SMILES string of the molecule is Cc1ccc(N(c2ccc(-c3ccc(-c4ccc(/C=C5\SC(=S)N(C)C5=O)s4)s3)cc2)c2ccc(-c3ccc(-c4ccc(/C=C5/SC(=S)N(C)C5=O)s4)s3)cc2)cc1.O=C=O. The lowest BCUT2D eigenvalue weighted by atomic mass is 10.1. The van der Waals surface area contributed by atoms with E-state index in [1.165, 1.54) is 68.1 Å². The van der Waals surface area contributed by atoms with Crippen LogP contribution >= 0.6 is 93.3 Å². The molecule has 4 aromatic heterocycles. The van der Waals surface area contributed by atoms with Gasteiger partial charge in [-0.3, -0.25) is 19.4 Å². The Morgan fingerprint density at radius 3 is 1.18 bits per heavy atom. The maximum atomic E-state index is 12.5. The lowest BCUT2D eigenvalue weighted by Crippen LogP contribution is -2.22. The Morgan fingerprint density at radius 2 is 0.820 bits per heavy atom. The Kier molecular flexibility index (Phi) is 12.9. The van der Waals surface area contributed by atoms with Crippen LogP contribution in [0.5, 0.6) is 0 Å². The number of thiophene rings is 4. The standard InChI is InChI=1S/C45H31N3O2S8.CO2/c1-26-4-10-29(11-5-26)48(30-12-6-27(7-13-30)34-20-22-38(55-34)36-18-16-32(53-36)24-40-42(49)46(2)44(51)57-40)31-14-8-28(9-15-31)35-21-23-39(56-35)37-19-17-33(54-37)25-41-43(50)47(3)45(52)58-41;2-1-3/h4-25H,1-3H3;/b40-24-,41-25+;. The summed E-state index contributed by atoms with van der Waals surface area (Å²) in [5.74, 6) is -0.0913. The first-order valence-electron chi connectivity index (χ1n) is 18.4. The van der Waals surface area contributed by atoms with Crippen molar-refractivity contribution in [1.29, 1.82) is 0 Å². The molecule has 15 heteroatoms. The fourth-order valence-electron chi connectivity index (χ4n) is 6.42. The molecule has 0 unspecified atom stereocenters. The van der Waals surface area contributed by atoms with E-state index in [1.54, 1.807) is 59.4 Å². The third-order valence-electron chi connectivity index (χ3n) is 9.58. The van der Waals surface area contributed by atoms with Gasteiger partial charge < -0.3 is 4.90 Å². The Hall–Kier alpha value is -5.06. The van der Waals surface area contributed by atoms with E-state index in [0.29, 0.717) is 18.5 Å². The molecule has 0 N–H and O–H groups in total. The first-order chi connectivity index (χ1) is 29.5. The van der Waals surface area contributed by atoms with Crippen molar-refractivity contribution in [2.24, 2.45) is 0 Å². The molecule has 2 fully saturated rings. The van der Waals surface area contributed by atoms with Crippen molar-refractivity contribution in [2.45, 2.75) is 6.92 Å². The van der Waals surface area contributed by atoms with E-state index >= 15 is 0 Å². The second kappa shape index (κ2) is 18.5. The smallest absolute Gasteiger partial charge is 0.311 e. The maximum absolute atomic E-state index is 12.5. The Morgan fingerprint density at radius 1 is 0.492 bits per heavy atom. The maximum Gasteiger partial charge on any atom is 0.373 e. The van der Waals surface area contributed by atoms with Gasteiger partial charge in [-0.1, -0.05) is 89.9 Å². The van der Waals surface area contributed by atoms with E-state index in [1.807, 2.05) is 12.2 Å². The summed E-state index contributed by atoms with van der Waals surface area (Å²) in [5.41, 5.74) is 6.77. The number of amides is 2. The molecule has 2 aliphatic heterocycles. The van der Waals surface area contributed by atoms with Crippen molar-refractivity contribution in [1.82, 2.24) is 9.80 Å². The van der Waals surface area contributed by atoms with Gasteiger partial charge in [-0.2, -0.15) is 9.59 Å². The number of thiocarbonyl (C=S) groups is 2. The van der Waals surface area contributed by atoms with Crippen LogP contribution in [0.15, 0.2) is 131 Å². The zero-order chi connectivity index (χ0) is 42.8. The van der Waals surface area contributed by atoms with Gasteiger partial charge in [0.2, 0.25) is 0 Å². The van der Waals surface area contributed by atoms with Gasteiger partial charge in [-0.05, 0) is 115 Å². The minimum atomic E-state index is -0.0457. The Labute approximate surface area is 387 Å². The normalized spacial score (nSPS) is 15.2. The molecule has 6 heterocycles. The van der Waals surface area contributed by atoms with Gasteiger partial charge in [0, 0.05) is 70.2 Å². The van der Waals surface area contributed by atoms with Crippen molar-refractivity contribution < 1.29 is 19.2 Å². The van der Waals surface area contributed by atoms with Crippen molar-refractivity contribution >= 4 is 149 Å². The molecule has 0 saturated carbocycles. The molecule has 2 saturated heterocycles. The number of likely N-dealkylation sites (N-methyl/N-ethyl adjacent to an activating group) is 2. The number of hydrogen-bond acceptors (Lipinski definition) is 13. The molecule has 3 aromatic carbocycles. The van der Waals surface area contributed by atoms with E-state index < -0.39 is 0 Å². The minimum absolute atomic E-state index is 0.0457. The number of hydrogen-bond donors (Lipinski definition) is 0. The van der Waals surface area contributed by atoms with Gasteiger partial charge in [0.05, 0.1) is 9.81 Å². The average Bonchev–Trinajstić information content (AvgIpc) is 4.14. The van der Waals surface area contributed by atoms with Crippen LogP contribution in [0.2, 0.25) is 0 Å². The summed E-state index contributed by atoms with van der Waals surface area (Å²) in [4.78, 5) is 57.1. The quantitative estimate of drug-likeness (QED) is 0.104. The summed E-state index contributed by atoms with van der Waals surface area (Å²) in [6, 6.07) is 43.3. The summed E-state index contributed by atoms with van der Waals surface area (Å²) in [6.45, 7) is 2.11. The molecule has 302 valence electrons. The van der Waals surface area contributed by atoms with Crippen LogP contribution in [-0.4, -0.2) is 50.5 Å². The largest absolute Gasteiger partial charge is 0.373 e. The molecule has 0 radical (unpaired) electrons.